The van der Waals surface area contributed by atoms with Gasteiger partial charge in [0.1, 0.15) is 0 Å². The molecule has 1 fully saturated rings. The fourth-order valence-electron chi connectivity index (χ4n) is 1.63. The lowest BCUT2D eigenvalue weighted by atomic mass is 10.2. The zero-order valence-electron chi connectivity index (χ0n) is 8.66. The lowest BCUT2D eigenvalue weighted by molar-refractivity contribution is 0.0813. The van der Waals surface area contributed by atoms with E-state index >= 15 is 0 Å². The minimum absolute atomic E-state index is 0.228. The molecule has 0 unspecified atom stereocenters. The quantitative estimate of drug-likeness (QED) is 0.581. The van der Waals surface area contributed by atoms with E-state index in [1.807, 2.05) is 7.05 Å². The molecule has 1 saturated heterocycles. The second-order valence-corrected chi connectivity index (χ2v) is 3.82. The van der Waals surface area contributed by atoms with E-state index in [2.05, 4.69) is 22.2 Å². The van der Waals surface area contributed by atoms with Crippen LogP contribution < -0.4 is 5.32 Å². The number of piperazine rings is 1. The van der Waals surface area contributed by atoms with Crippen LogP contribution in [-0.2, 0) is 0 Å². The van der Waals surface area contributed by atoms with Crippen molar-refractivity contribution in [3.8, 4) is 0 Å². The van der Waals surface area contributed by atoms with E-state index < -0.39 is 0 Å². The summed E-state index contributed by atoms with van der Waals surface area (Å²) in [6, 6.07) is 0. The van der Waals surface area contributed by atoms with E-state index in [0.29, 0.717) is 6.54 Å². The van der Waals surface area contributed by atoms with E-state index in [-0.39, 0.29) is 6.10 Å². The highest BCUT2D eigenvalue weighted by atomic mass is 16.3. The summed E-state index contributed by atoms with van der Waals surface area (Å²) in [5, 5.41) is 12.5. The molecule has 4 heteroatoms. The summed E-state index contributed by atoms with van der Waals surface area (Å²) in [4.78, 5) is 4.64. The first kappa shape index (κ1) is 10.9. The molecule has 0 radical (unpaired) electrons. The SMILES string of the molecule is CNC[C@H](O)CN1CCN(C)CC1. The number of nitrogens with zero attached hydrogens (tertiary/aromatic N) is 2. The highest BCUT2D eigenvalue weighted by Gasteiger charge is 2.16. The number of aliphatic hydroxyl groups excluding tert-OH is 1. The Kier molecular flexibility index (Phi) is 4.66. The van der Waals surface area contributed by atoms with Crippen LogP contribution in [0.3, 0.4) is 0 Å². The summed E-state index contributed by atoms with van der Waals surface area (Å²) in [6.45, 7) is 5.88. The van der Waals surface area contributed by atoms with Gasteiger partial charge in [0, 0.05) is 39.3 Å². The van der Waals surface area contributed by atoms with Crippen molar-refractivity contribution in [3.63, 3.8) is 0 Å². The maximum absolute atomic E-state index is 9.55. The molecule has 0 saturated carbocycles. The molecule has 0 aliphatic carbocycles. The van der Waals surface area contributed by atoms with Gasteiger partial charge < -0.3 is 15.3 Å². The van der Waals surface area contributed by atoms with Gasteiger partial charge in [0.05, 0.1) is 6.10 Å². The molecule has 4 nitrogen and oxygen atoms in total. The largest absolute Gasteiger partial charge is 0.390 e. The minimum atomic E-state index is -0.228. The topological polar surface area (TPSA) is 38.7 Å². The Hall–Kier alpha value is -0.160. The third kappa shape index (κ3) is 4.04. The van der Waals surface area contributed by atoms with Crippen LogP contribution in [0.2, 0.25) is 0 Å². The van der Waals surface area contributed by atoms with E-state index in [1.54, 1.807) is 0 Å². The molecule has 0 amide bonds. The number of hydrogen-bond donors (Lipinski definition) is 2. The Morgan fingerprint density at radius 2 is 1.92 bits per heavy atom. The number of nitrogens with one attached hydrogen (secondary N) is 1. The van der Waals surface area contributed by atoms with Crippen LogP contribution in [0.1, 0.15) is 0 Å². The molecular weight excluding hydrogens is 166 g/mol. The van der Waals surface area contributed by atoms with Crippen LogP contribution in [0.5, 0.6) is 0 Å². The third-order valence-electron chi connectivity index (χ3n) is 2.50. The van der Waals surface area contributed by atoms with Crippen molar-refractivity contribution in [2.75, 3.05) is 53.4 Å². The molecule has 0 aromatic carbocycles. The van der Waals surface area contributed by atoms with Gasteiger partial charge in [-0.3, -0.25) is 4.90 Å². The van der Waals surface area contributed by atoms with Gasteiger partial charge in [0.15, 0.2) is 0 Å². The standard InChI is InChI=1S/C9H21N3O/c1-10-7-9(13)8-12-5-3-11(2)4-6-12/h9-10,13H,3-8H2,1-2H3/t9-/m0/s1. The second kappa shape index (κ2) is 5.54. The maximum Gasteiger partial charge on any atom is 0.0791 e. The summed E-state index contributed by atoms with van der Waals surface area (Å²) in [5.74, 6) is 0. The molecule has 1 aliphatic heterocycles. The molecule has 2 N–H and O–H groups in total. The van der Waals surface area contributed by atoms with Crippen LogP contribution >= 0.6 is 0 Å². The second-order valence-electron chi connectivity index (χ2n) is 3.82. The van der Waals surface area contributed by atoms with Gasteiger partial charge in [-0.15, -0.1) is 0 Å². The Bertz CT molecular complexity index is 135. The number of likely N-dealkylation sites (N-methyl/N-ethyl adjacent to an activating group) is 2. The van der Waals surface area contributed by atoms with Crippen molar-refractivity contribution in [2.24, 2.45) is 0 Å². The zero-order valence-corrected chi connectivity index (χ0v) is 8.66. The average molecular weight is 187 g/mol. The van der Waals surface area contributed by atoms with Gasteiger partial charge >= 0.3 is 0 Å². The molecule has 13 heavy (non-hydrogen) atoms. The lowest BCUT2D eigenvalue weighted by Crippen LogP contribution is -2.48. The van der Waals surface area contributed by atoms with Gasteiger partial charge in [-0.05, 0) is 14.1 Å². The average Bonchev–Trinajstić information content (AvgIpc) is 2.09. The van der Waals surface area contributed by atoms with E-state index in [0.717, 1.165) is 32.7 Å². The highest BCUT2D eigenvalue weighted by molar-refractivity contribution is 4.72. The monoisotopic (exact) mass is 187 g/mol. The van der Waals surface area contributed by atoms with Crippen molar-refractivity contribution in [1.82, 2.24) is 15.1 Å². The molecule has 1 heterocycles. The lowest BCUT2D eigenvalue weighted by Gasteiger charge is -2.33. The summed E-state index contributed by atoms with van der Waals surface area (Å²) < 4.78 is 0. The summed E-state index contributed by atoms with van der Waals surface area (Å²) in [5.41, 5.74) is 0. The molecule has 0 aromatic heterocycles. The predicted octanol–water partition coefficient (Wildman–Crippen LogP) is -1.19. The molecule has 78 valence electrons. The highest BCUT2D eigenvalue weighted by Crippen LogP contribution is 1.99. The molecule has 1 rings (SSSR count). The van der Waals surface area contributed by atoms with Gasteiger partial charge in [0.2, 0.25) is 0 Å². The first-order valence-electron chi connectivity index (χ1n) is 4.96. The van der Waals surface area contributed by atoms with Gasteiger partial charge in [-0.25, -0.2) is 0 Å². The fraction of sp³-hybridized carbons (Fsp3) is 1.00. The number of aliphatic hydroxyl groups is 1. The predicted molar refractivity (Wildman–Crippen MR) is 53.9 cm³/mol. The van der Waals surface area contributed by atoms with Crippen LogP contribution in [0, 0.1) is 0 Å². The molecule has 1 aliphatic rings. The smallest absolute Gasteiger partial charge is 0.0791 e. The van der Waals surface area contributed by atoms with Gasteiger partial charge in [-0.2, -0.15) is 0 Å². The first-order valence-corrected chi connectivity index (χ1v) is 4.96. The third-order valence-corrected chi connectivity index (χ3v) is 2.50. The number of rotatable bonds is 4. The van der Waals surface area contributed by atoms with E-state index in [9.17, 15) is 5.11 Å². The molecule has 0 aromatic rings. The molecule has 0 bridgehead atoms. The van der Waals surface area contributed by atoms with Gasteiger partial charge in [0.25, 0.3) is 0 Å². The number of hydrogen-bond acceptors (Lipinski definition) is 4. The Morgan fingerprint density at radius 3 is 2.46 bits per heavy atom. The summed E-state index contributed by atoms with van der Waals surface area (Å²) in [7, 11) is 4.01. The fourth-order valence-corrected chi connectivity index (χ4v) is 1.63. The van der Waals surface area contributed by atoms with Crippen molar-refractivity contribution in [3.05, 3.63) is 0 Å². The Labute approximate surface area is 80.5 Å². The maximum atomic E-state index is 9.55. The van der Waals surface area contributed by atoms with Crippen LogP contribution in [0.4, 0.5) is 0 Å². The van der Waals surface area contributed by atoms with Crippen LogP contribution in [0.25, 0.3) is 0 Å². The van der Waals surface area contributed by atoms with Gasteiger partial charge in [-0.1, -0.05) is 0 Å². The van der Waals surface area contributed by atoms with Crippen molar-refractivity contribution in [1.29, 1.82) is 0 Å². The minimum Gasteiger partial charge on any atom is -0.390 e. The van der Waals surface area contributed by atoms with E-state index in [1.165, 1.54) is 0 Å². The molecular formula is C9H21N3O. The summed E-state index contributed by atoms with van der Waals surface area (Å²) in [6.07, 6.45) is -0.228. The number of β-amino-alcohol motifs (C(OH)–C–C–N with tert-alkyl or cyclic N) is 1. The molecule has 1 atom stereocenters. The Balaban J connectivity index is 2.14. The first-order chi connectivity index (χ1) is 6.22. The zero-order chi connectivity index (χ0) is 9.68. The van der Waals surface area contributed by atoms with E-state index in [4.69, 9.17) is 0 Å². The summed E-state index contributed by atoms with van der Waals surface area (Å²) >= 11 is 0. The van der Waals surface area contributed by atoms with Crippen molar-refractivity contribution >= 4 is 0 Å². The van der Waals surface area contributed by atoms with Crippen molar-refractivity contribution in [2.45, 2.75) is 6.10 Å². The Morgan fingerprint density at radius 1 is 1.31 bits per heavy atom. The van der Waals surface area contributed by atoms with Crippen LogP contribution in [-0.4, -0.2) is 74.4 Å². The van der Waals surface area contributed by atoms with Crippen LogP contribution in [0.15, 0.2) is 0 Å². The normalized spacial score (nSPS) is 23.3. The molecule has 0 spiro atoms. The van der Waals surface area contributed by atoms with Crippen molar-refractivity contribution < 1.29 is 5.11 Å².